The third-order valence-electron chi connectivity index (χ3n) is 2.94. The van der Waals surface area contributed by atoms with E-state index in [4.69, 9.17) is 17.3 Å². The molecule has 6 heteroatoms. The van der Waals surface area contributed by atoms with Crippen LogP contribution < -0.4 is 10.6 Å². The molecule has 92 valence electrons. The minimum atomic E-state index is -0.279. The highest BCUT2D eigenvalue weighted by Gasteiger charge is 2.24. The van der Waals surface area contributed by atoms with Crippen molar-refractivity contribution in [1.82, 2.24) is 9.97 Å². The molecule has 0 radical (unpaired) electrons. The van der Waals surface area contributed by atoms with E-state index in [-0.39, 0.29) is 11.8 Å². The van der Waals surface area contributed by atoms with Crippen molar-refractivity contribution in [2.45, 2.75) is 6.42 Å². The normalized spacial score (nSPS) is 13.8. The van der Waals surface area contributed by atoms with Crippen LogP contribution in [-0.4, -0.2) is 16.5 Å². The zero-order valence-electron chi connectivity index (χ0n) is 9.40. The van der Waals surface area contributed by atoms with Crippen LogP contribution in [0.2, 0.25) is 5.02 Å². The number of rotatable bonds is 1. The van der Waals surface area contributed by atoms with Gasteiger partial charge < -0.3 is 10.6 Å². The Hall–Kier alpha value is -1.88. The zero-order valence-corrected chi connectivity index (χ0v) is 10.2. The lowest BCUT2D eigenvalue weighted by atomic mass is 10.2. The minimum absolute atomic E-state index is 0.152. The number of aromatic nitrogens is 2. The first kappa shape index (κ1) is 11.2. The molecule has 0 atom stereocenters. The van der Waals surface area contributed by atoms with E-state index < -0.39 is 0 Å². The molecule has 1 aliphatic rings. The summed E-state index contributed by atoms with van der Waals surface area (Å²) in [5.74, 6) is 0.395. The van der Waals surface area contributed by atoms with Crippen LogP contribution in [-0.2, 0) is 6.42 Å². The van der Waals surface area contributed by atoms with E-state index in [0.29, 0.717) is 17.4 Å². The summed E-state index contributed by atoms with van der Waals surface area (Å²) in [6.45, 7) is 0.703. The second kappa shape index (κ2) is 4.10. The highest BCUT2D eigenvalue weighted by molar-refractivity contribution is 6.33. The maximum atomic E-state index is 13.3. The Morgan fingerprint density at radius 3 is 3.06 bits per heavy atom. The average molecular weight is 265 g/mol. The summed E-state index contributed by atoms with van der Waals surface area (Å²) in [5, 5.41) is 0.404. The largest absolute Gasteiger partial charge is 0.368 e. The summed E-state index contributed by atoms with van der Waals surface area (Å²) in [6.07, 6.45) is 2.28. The molecule has 0 saturated heterocycles. The molecule has 2 N–H and O–H groups in total. The fourth-order valence-electron chi connectivity index (χ4n) is 2.13. The van der Waals surface area contributed by atoms with Crippen LogP contribution >= 0.6 is 11.6 Å². The first-order valence-corrected chi connectivity index (χ1v) is 5.87. The maximum Gasteiger partial charge on any atom is 0.222 e. The summed E-state index contributed by atoms with van der Waals surface area (Å²) in [4.78, 5) is 9.80. The molecule has 0 unspecified atom stereocenters. The van der Waals surface area contributed by atoms with Crippen molar-refractivity contribution in [2.75, 3.05) is 17.2 Å². The van der Waals surface area contributed by atoms with Gasteiger partial charge in [-0.2, -0.15) is 4.98 Å². The molecular formula is C12H10ClFN4. The highest BCUT2D eigenvalue weighted by atomic mass is 35.5. The number of fused-ring (bicyclic) bond motifs is 1. The molecule has 0 spiro atoms. The van der Waals surface area contributed by atoms with Gasteiger partial charge in [-0.25, -0.2) is 9.37 Å². The molecule has 0 saturated carbocycles. The molecule has 0 bridgehead atoms. The van der Waals surface area contributed by atoms with E-state index in [1.807, 2.05) is 4.90 Å². The zero-order chi connectivity index (χ0) is 12.7. The maximum absolute atomic E-state index is 13.3. The molecule has 1 aromatic carbocycles. The average Bonchev–Trinajstić information content (AvgIpc) is 2.75. The summed E-state index contributed by atoms with van der Waals surface area (Å²) in [7, 11) is 0. The van der Waals surface area contributed by atoms with Gasteiger partial charge in [0, 0.05) is 12.2 Å². The highest BCUT2D eigenvalue weighted by Crippen LogP contribution is 2.37. The Labute approximate surface area is 108 Å². The SMILES string of the molecule is Nc1ncc(Cl)c(N2CCc3ccc(F)cc32)n1. The predicted molar refractivity (Wildman–Crippen MR) is 68.6 cm³/mol. The standard InChI is InChI=1S/C12H10ClFN4/c13-9-6-16-12(15)17-11(9)18-4-3-7-1-2-8(14)5-10(7)18/h1-2,5-6H,3-4H2,(H2,15,16,17). The smallest absolute Gasteiger partial charge is 0.222 e. The molecule has 4 nitrogen and oxygen atoms in total. The second-order valence-corrected chi connectivity index (χ2v) is 4.48. The first-order chi connectivity index (χ1) is 8.65. The topological polar surface area (TPSA) is 55.0 Å². The van der Waals surface area contributed by atoms with Gasteiger partial charge >= 0.3 is 0 Å². The Morgan fingerprint density at radius 2 is 2.22 bits per heavy atom. The molecular weight excluding hydrogens is 255 g/mol. The van der Waals surface area contributed by atoms with Gasteiger partial charge in [-0.05, 0) is 24.1 Å². The molecule has 1 aliphatic heterocycles. The number of hydrogen-bond acceptors (Lipinski definition) is 4. The van der Waals surface area contributed by atoms with Gasteiger partial charge in [-0.15, -0.1) is 0 Å². The summed E-state index contributed by atoms with van der Waals surface area (Å²) in [6, 6.07) is 4.72. The van der Waals surface area contributed by atoms with Crippen molar-refractivity contribution in [3.63, 3.8) is 0 Å². The number of hydrogen-bond donors (Lipinski definition) is 1. The van der Waals surface area contributed by atoms with Crippen LogP contribution in [0.4, 0.5) is 21.8 Å². The summed E-state index contributed by atoms with van der Waals surface area (Å²) < 4.78 is 13.3. The van der Waals surface area contributed by atoms with Gasteiger partial charge in [-0.1, -0.05) is 17.7 Å². The Balaban J connectivity index is 2.11. The van der Waals surface area contributed by atoms with Gasteiger partial charge in [0.25, 0.3) is 0 Å². The number of anilines is 3. The van der Waals surface area contributed by atoms with E-state index in [1.165, 1.54) is 18.3 Å². The van der Waals surface area contributed by atoms with Crippen LogP contribution in [0.25, 0.3) is 0 Å². The summed E-state index contributed by atoms with van der Waals surface area (Å²) >= 11 is 6.07. The molecule has 2 heterocycles. The van der Waals surface area contributed by atoms with Crippen molar-refractivity contribution in [1.29, 1.82) is 0 Å². The minimum Gasteiger partial charge on any atom is -0.368 e. The Morgan fingerprint density at radius 1 is 1.39 bits per heavy atom. The first-order valence-electron chi connectivity index (χ1n) is 5.49. The lowest BCUT2D eigenvalue weighted by Gasteiger charge is -2.19. The quantitative estimate of drug-likeness (QED) is 0.860. The van der Waals surface area contributed by atoms with Crippen molar-refractivity contribution in [3.05, 3.63) is 40.8 Å². The van der Waals surface area contributed by atoms with Crippen molar-refractivity contribution >= 4 is 29.1 Å². The number of halogens is 2. The molecule has 1 aromatic heterocycles. The van der Waals surface area contributed by atoms with E-state index >= 15 is 0 Å². The molecule has 0 fully saturated rings. The van der Waals surface area contributed by atoms with Crippen LogP contribution in [0.15, 0.2) is 24.4 Å². The van der Waals surface area contributed by atoms with Crippen LogP contribution in [0.1, 0.15) is 5.56 Å². The van der Waals surface area contributed by atoms with E-state index in [2.05, 4.69) is 9.97 Å². The molecule has 3 rings (SSSR count). The molecule has 2 aromatic rings. The fourth-order valence-corrected chi connectivity index (χ4v) is 2.33. The number of nitrogens with two attached hydrogens (primary N) is 1. The van der Waals surface area contributed by atoms with Gasteiger partial charge in [0.2, 0.25) is 5.95 Å². The van der Waals surface area contributed by atoms with Gasteiger partial charge in [0.05, 0.1) is 6.20 Å². The predicted octanol–water partition coefficient (Wildman–Crippen LogP) is 2.55. The summed E-state index contributed by atoms with van der Waals surface area (Å²) in [5.41, 5.74) is 7.42. The molecule has 0 aliphatic carbocycles. The fraction of sp³-hybridized carbons (Fsp3) is 0.167. The van der Waals surface area contributed by atoms with Crippen LogP contribution in [0.5, 0.6) is 0 Å². The van der Waals surface area contributed by atoms with Crippen molar-refractivity contribution < 1.29 is 4.39 Å². The van der Waals surface area contributed by atoms with Gasteiger partial charge in [0.1, 0.15) is 10.8 Å². The number of benzene rings is 1. The van der Waals surface area contributed by atoms with Crippen LogP contribution in [0.3, 0.4) is 0 Å². The van der Waals surface area contributed by atoms with E-state index in [9.17, 15) is 4.39 Å². The van der Waals surface area contributed by atoms with E-state index in [1.54, 1.807) is 6.07 Å². The van der Waals surface area contributed by atoms with Gasteiger partial charge in [-0.3, -0.25) is 0 Å². The number of nitrogens with zero attached hydrogens (tertiary/aromatic N) is 3. The number of nitrogen functional groups attached to an aromatic ring is 1. The van der Waals surface area contributed by atoms with Gasteiger partial charge in [0.15, 0.2) is 5.82 Å². The Kier molecular flexibility index (Phi) is 2.56. The Bertz CT molecular complexity index is 617. The van der Waals surface area contributed by atoms with Crippen molar-refractivity contribution in [2.24, 2.45) is 0 Å². The molecule has 0 amide bonds. The third-order valence-corrected chi connectivity index (χ3v) is 3.21. The molecule has 18 heavy (non-hydrogen) atoms. The lowest BCUT2D eigenvalue weighted by molar-refractivity contribution is 0.628. The van der Waals surface area contributed by atoms with Crippen molar-refractivity contribution in [3.8, 4) is 0 Å². The lowest BCUT2D eigenvalue weighted by Crippen LogP contribution is -2.16. The third kappa shape index (κ3) is 1.76. The second-order valence-electron chi connectivity index (χ2n) is 4.07. The monoisotopic (exact) mass is 264 g/mol. The van der Waals surface area contributed by atoms with E-state index in [0.717, 1.165) is 17.7 Å². The van der Waals surface area contributed by atoms with Crippen LogP contribution in [0, 0.1) is 5.82 Å².